The Morgan fingerprint density at radius 3 is 2.05 bits per heavy atom. The highest BCUT2D eigenvalue weighted by Gasteiger charge is 2.25. The van der Waals surface area contributed by atoms with E-state index in [1.54, 1.807) is 0 Å². The van der Waals surface area contributed by atoms with Crippen LogP contribution in [0.2, 0.25) is 0 Å². The number of rotatable bonds is 2. The summed E-state index contributed by atoms with van der Waals surface area (Å²) >= 11 is 0. The lowest BCUT2D eigenvalue weighted by Crippen LogP contribution is -2.43. The van der Waals surface area contributed by atoms with Gasteiger partial charge < -0.3 is 10.6 Å². The highest BCUT2D eigenvalue weighted by molar-refractivity contribution is 5.79. The van der Waals surface area contributed by atoms with E-state index in [0.29, 0.717) is 11.9 Å². The molecule has 0 spiro atoms. The molecule has 0 atom stereocenters. The minimum Gasteiger partial charge on any atom is -0.353 e. The predicted molar refractivity (Wildman–Crippen MR) is 72.7 cm³/mol. The molecule has 0 aromatic rings. The first kappa shape index (κ1) is 17.9. The Hall–Kier alpha value is -1.11. The third kappa shape index (κ3) is 8.04. The molecule has 4 nitrogen and oxygen atoms in total. The average molecular weight is 308 g/mol. The molecule has 2 rings (SSSR count). The first-order valence-electron chi connectivity index (χ1n) is 7.46. The van der Waals surface area contributed by atoms with Crippen LogP contribution in [0.4, 0.5) is 13.2 Å². The predicted octanol–water partition coefficient (Wildman–Crippen LogP) is 2.18. The van der Waals surface area contributed by atoms with E-state index in [-0.39, 0.29) is 5.92 Å². The Labute approximate surface area is 122 Å². The minimum atomic E-state index is -4.64. The standard InChI is InChI=1S/C12H22N2O.C2HF3O/c15-12(10-6-8-13-9-7-10)14-11-4-2-1-3-5-11;3-2(4,5)1-6/h10-11,13H,1-9H2,(H,14,15);1H. The number of hydrogen-bond donors (Lipinski definition) is 2. The molecular weight excluding hydrogens is 285 g/mol. The molecule has 2 N–H and O–H groups in total. The van der Waals surface area contributed by atoms with E-state index in [9.17, 15) is 18.0 Å². The van der Waals surface area contributed by atoms with E-state index >= 15 is 0 Å². The van der Waals surface area contributed by atoms with Crippen LogP contribution in [-0.4, -0.2) is 37.5 Å². The number of hydrogen-bond acceptors (Lipinski definition) is 3. The van der Waals surface area contributed by atoms with Crippen LogP contribution in [0.25, 0.3) is 0 Å². The van der Waals surface area contributed by atoms with E-state index < -0.39 is 12.5 Å². The molecule has 1 aliphatic carbocycles. The van der Waals surface area contributed by atoms with Gasteiger partial charge in [0.25, 0.3) is 0 Å². The van der Waals surface area contributed by atoms with Gasteiger partial charge in [0.1, 0.15) is 0 Å². The number of halogens is 3. The minimum absolute atomic E-state index is 0.271. The van der Waals surface area contributed by atoms with Crippen molar-refractivity contribution in [2.75, 3.05) is 13.1 Å². The smallest absolute Gasteiger partial charge is 0.353 e. The van der Waals surface area contributed by atoms with Crippen molar-refractivity contribution in [2.45, 2.75) is 57.2 Å². The van der Waals surface area contributed by atoms with Crippen molar-refractivity contribution in [1.29, 1.82) is 0 Å². The van der Waals surface area contributed by atoms with Gasteiger partial charge in [0.15, 0.2) is 0 Å². The van der Waals surface area contributed by atoms with E-state index in [4.69, 9.17) is 4.79 Å². The fourth-order valence-corrected chi connectivity index (χ4v) is 2.65. The molecule has 2 aliphatic rings. The number of aldehydes is 1. The molecule has 0 aromatic heterocycles. The van der Waals surface area contributed by atoms with Gasteiger partial charge in [-0.15, -0.1) is 0 Å². The van der Waals surface area contributed by atoms with Crippen LogP contribution in [0.3, 0.4) is 0 Å². The molecule has 0 bridgehead atoms. The van der Waals surface area contributed by atoms with Gasteiger partial charge in [0.05, 0.1) is 0 Å². The van der Waals surface area contributed by atoms with Crippen molar-refractivity contribution < 1.29 is 22.8 Å². The maximum Gasteiger partial charge on any atom is 0.446 e. The lowest BCUT2D eigenvalue weighted by Gasteiger charge is -2.27. The van der Waals surface area contributed by atoms with Gasteiger partial charge in [0.2, 0.25) is 12.2 Å². The molecule has 0 radical (unpaired) electrons. The molecule has 1 aliphatic heterocycles. The quantitative estimate of drug-likeness (QED) is 0.769. The SMILES string of the molecule is O=C(NC1CCCCC1)C1CCNCC1.O=CC(F)(F)F. The van der Waals surface area contributed by atoms with Crippen LogP contribution < -0.4 is 10.6 Å². The molecule has 1 heterocycles. The third-order valence-electron chi connectivity index (χ3n) is 3.80. The molecule has 1 saturated heterocycles. The fourth-order valence-electron chi connectivity index (χ4n) is 2.65. The summed E-state index contributed by atoms with van der Waals surface area (Å²) in [5, 5.41) is 6.52. The Kier molecular flexibility index (Phi) is 7.71. The Morgan fingerprint density at radius 2 is 1.57 bits per heavy atom. The summed E-state index contributed by atoms with van der Waals surface area (Å²) in [7, 11) is 0. The molecule has 0 unspecified atom stereocenters. The van der Waals surface area contributed by atoms with E-state index in [1.807, 2.05) is 0 Å². The molecule has 0 aromatic carbocycles. The molecule has 122 valence electrons. The van der Waals surface area contributed by atoms with Gasteiger partial charge in [-0.3, -0.25) is 9.59 Å². The second kappa shape index (κ2) is 9.02. The maximum absolute atomic E-state index is 11.9. The first-order chi connectivity index (χ1) is 9.92. The molecule has 7 heteroatoms. The summed E-state index contributed by atoms with van der Waals surface area (Å²) in [6.45, 7) is 2.01. The monoisotopic (exact) mass is 308 g/mol. The second-order valence-electron chi connectivity index (χ2n) is 5.53. The number of piperidine rings is 1. The van der Waals surface area contributed by atoms with Crippen molar-refractivity contribution >= 4 is 12.2 Å². The zero-order valence-corrected chi connectivity index (χ0v) is 12.0. The molecular formula is C14H23F3N2O2. The van der Waals surface area contributed by atoms with Crippen molar-refractivity contribution in [3.8, 4) is 0 Å². The van der Waals surface area contributed by atoms with Crippen molar-refractivity contribution in [3.63, 3.8) is 0 Å². The summed E-state index contributed by atoms with van der Waals surface area (Å²) < 4.78 is 31.2. The van der Waals surface area contributed by atoms with Gasteiger partial charge in [-0.25, -0.2) is 0 Å². The van der Waals surface area contributed by atoms with E-state index in [2.05, 4.69) is 10.6 Å². The van der Waals surface area contributed by atoms with Crippen LogP contribution in [0.1, 0.15) is 44.9 Å². The Bertz CT molecular complexity index is 323. The molecule has 21 heavy (non-hydrogen) atoms. The summed E-state index contributed by atoms with van der Waals surface area (Å²) in [6.07, 6.45) is 2.63. The second-order valence-corrected chi connectivity index (χ2v) is 5.53. The largest absolute Gasteiger partial charge is 0.446 e. The number of carbonyl (C=O) groups is 2. The number of carbonyl (C=O) groups excluding carboxylic acids is 2. The van der Waals surface area contributed by atoms with Crippen molar-refractivity contribution in [3.05, 3.63) is 0 Å². The zero-order valence-electron chi connectivity index (χ0n) is 12.0. The topological polar surface area (TPSA) is 58.2 Å². The lowest BCUT2D eigenvalue weighted by atomic mass is 9.93. The lowest BCUT2D eigenvalue weighted by molar-refractivity contribution is -0.156. The first-order valence-corrected chi connectivity index (χ1v) is 7.46. The Morgan fingerprint density at radius 1 is 1.05 bits per heavy atom. The highest BCUT2D eigenvalue weighted by Crippen LogP contribution is 2.19. The molecule has 1 amide bonds. The summed E-state index contributed by atoms with van der Waals surface area (Å²) in [6, 6.07) is 0.473. The van der Waals surface area contributed by atoms with Crippen LogP contribution in [0.15, 0.2) is 0 Å². The van der Waals surface area contributed by atoms with Crippen molar-refractivity contribution in [1.82, 2.24) is 10.6 Å². The summed E-state index contributed by atoms with van der Waals surface area (Å²) in [5.41, 5.74) is 0. The van der Waals surface area contributed by atoms with Crippen LogP contribution in [0.5, 0.6) is 0 Å². The Balaban J connectivity index is 0.000000315. The van der Waals surface area contributed by atoms with Crippen LogP contribution >= 0.6 is 0 Å². The van der Waals surface area contributed by atoms with E-state index in [0.717, 1.165) is 25.9 Å². The average Bonchev–Trinajstić information content (AvgIpc) is 2.49. The highest BCUT2D eigenvalue weighted by atomic mass is 19.4. The van der Waals surface area contributed by atoms with Gasteiger partial charge in [-0.2, -0.15) is 13.2 Å². The maximum atomic E-state index is 11.9. The number of nitrogens with one attached hydrogen (secondary N) is 2. The number of amides is 1. The van der Waals surface area contributed by atoms with Crippen molar-refractivity contribution in [2.24, 2.45) is 5.92 Å². The van der Waals surface area contributed by atoms with E-state index in [1.165, 1.54) is 32.1 Å². The van der Waals surface area contributed by atoms with Gasteiger partial charge in [-0.05, 0) is 38.8 Å². The normalized spacial score (nSPS) is 21.1. The number of alkyl halides is 3. The third-order valence-corrected chi connectivity index (χ3v) is 3.80. The van der Waals surface area contributed by atoms with Crippen LogP contribution in [-0.2, 0) is 9.59 Å². The molecule has 1 saturated carbocycles. The zero-order chi connectivity index (χ0) is 15.7. The molecule has 2 fully saturated rings. The van der Waals surface area contributed by atoms with Gasteiger partial charge >= 0.3 is 6.18 Å². The van der Waals surface area contributed by atoms with Crippen LogP contribution in [0, 0.1) is 5.92 Å². The summed E-state index contributed by atoms with van der Waals surface area (Å²) in [5.74, 6) is 0.580. The van der Waals surface area contributed by atoms with Gasteiger partial charge in [-0.1, -0.05) is 19.3 Å². The van der Waals surface area contributed by atoms with Gasteiger partial charge in [0, 0.05) is 12.0 Å². The summed E-state index contributed by atoms with van der Waals surface area (Å²) in [4.78, 5) is 20.6. The fraction of sp³-hybridized carbons (Fsp3) is 0.857.